The molecule has 0 aromatic carbocycles. The van der Waals surface area contributed by atoms with Crippen LogP contribution in [0.5, 0.6) is 0 Å². The average molecular weight is 267 g/mol. The van der Waals surface area contributed by atoms with Crippen molar-refractivity contribution in [3.63, 3.8) is 0 Å². The van der Waals surface area contributed by atoms with Gasteiger partial charge in [-0.2, -0.15) is 0 Å². The first kappa shape index (κ1) is 14.4. The molecule has 1 saturated heterocycles. The molecular weight excluding hydrogens is 242 g/mol. The molecule has 0 N–H and O–H groups in total. The standard InChI is InChI=1S/C15H25NO3/c1-15(2,12-8-5-3-4-6-9-12)19-14(18)16-11-7-10-13(16)17/h12H,3-11H2,1-2H3. The minimum absolute atomic E-state index is 0.0957. The second kappa shape index (κ2) is 5.93. The van der Waals surface area contributed by atoms with Gasteiger partial charge in [0.25, 0.3) is 0 Å². The van der Waals surface area contributed by atoms with E-state index in [-0.39, 0.29) is 5.91 Å². The molecule has 108 valence electrons. The van der Waals surface area contributed by atoms with Crippen LogP contribution in [0, 0.1) is 5.92 Å². The van der Waals surface area contributed by atoms with Crippen LogP contribution >= 0.6 is 0 Å². The summed E-state index contributed by atoms with van der Waals surface area (Å²) in [6.45, 7) is 4.49. The van der Waals surface area contributed by atoms with Crippen LogP contribution in [0.15, 0.2) is 0 Å². The fourth-order valence-corrected chi connectivity index (χ4v) is 3.18. The Morgan fingerprint density at radius 3 is 2.32 bits per heavy atom. The number of carbonyl (C=O) groups is 2. The second-order valence-electron chi connectivity index (χ2n) is 6.31. The largest absolute Gasteiger partial charge is 0.443 e. The number of ether oxygens (including phenoxy) is 1. The van der Waals surface area contributed by atoms with Gasteiger partial charge in [-0.15, -0.1) is 0 Å². The van der Waals surface area contributed by atoms with E-state index in [1.165, 1.54) is 30.6 Å². The Bertz CT molecular complexity index is 343. The van der Waals surface area contributed by atoms with Gasteiger partial charge < -0.3 is 4.74 Å². The van der Waals surface area contributed by atoms with Gasteiger partial charge in [0, 0.05) is 13.0 Å². The quantitative estimate of drug-likeness (QED) is 0.719. The highest BCUT2D eigenvalue weighted by molar-refractivity contribution is 5.93. The summed E-state index contributed by atoms with van der Waals surface area (Å²) in [6.07, 6.45) is 8.02. The van der Waals surface area contributed by atoms with Crippen molar-refractivity contribution in [1.29, 1.82) is 0 Å². The number of likely N-dealkylation sites (tertiary alicyclic amines) is 1. The first-order valence-corrected chi connectivity index (χ1v) is 7.54. The maximum absolute atomic E-state index is 12.1. The van der Waals surface area contributed by atoms with Crippen LogP contribution < -0.4 is 0 Å². The van der Waals surface area contributed by atoms with E-state index in [1.54, 1.807) is 0 Å². The molecule has 0 radical (unpaired) electrons. The van der Waals surface area contributed by atoms with E-state index >= 15 is 0 Å². The summed E-state index contributed by atoms with van der Waals surface area (Å²) in [5.41, 5.74) is -0.468. The molecule has 1 aliphatic carbocycles. The Morgan fingerprint density at radius 2 is 1.79 bits per heavy atom. The van der Waals surface area contributed by atoms with Gasteiger partial charge in [-0.05, 0) is 39.0 Å². The fraction of sp³-hybridized carbons (Fsp3) is 0.867. The lowest BCUT2D eigenvalue weighted by Gasteiger charge is -2.34. The summed E-state index contributed by atoms with van der Waals surface area (Å²) in [5.74, 6) is 0.318. The van der Waals surface area contributed by atoms with Crippen molar-refractivity contribution >= 4 is 12.0 Å². The van der Waals surface area contributed by atoms with Crippen molar-refractivity contribution in [2.24, 2.45) is 5.92 Å². The highest BCUT2D eigenvalue weighted by Crippen LogP contribution is 2.34. The van der Waals surface area contributed by atoms with Gasteiger partial charge in [-0.3, -0.25) is 4.79 Å². The Labute approximate surface area is 115 Å². The number of imide groups is 1. The highest BCUT2D eigenvalue weighted by atomic mass is 16.6. The lowest BCUT2D eigenvalue weighted by Crippen LogP contribution is -2.42. The Hall–Kier alpha value is -1.06. The summed E-state index contributed by atoms with van der Waals surface area (Å²) in [6, 6.07) is 0. The predicted octanol–water partition coefficient (Wildman–Crippen LogP) is 3.49. The van der Waals surface area contributed by atoms with Gasteiger partial charge in [0.05, 0.1) is 0 Å². The third-order valence-corrected chi connectivity index (χ3v) is 4.48. The molecule has 2 fully saturated rings. The summed E-state index contributed by atoms with van der Waals surface area (Å²) < 4.78 is 5.65. The minimum Gasteiger partial charge on any atom is -0.443 e. The van der Waals surface area contributed by atoms with E-state index < -0.39 is 11.7 Å². The summed E-state index contributed by atoms with van der Waals surface area (Å²) >= 11 is 0. The van der Waals surface area contributed by atoms with E-state index in [4.69, 9.17) is 4.74 Å². The van der Waals surface area contributed by atoms with E-state index in [1.807, 2.05) is 13.8 Å². The van der Waals surface area contributed by atoms with Crippen molar-refractivity contribution in [3.8, 4) is 0 Å². The van der Waals surface area contributed by atoms with Crippen LogP contribution in [0.2, 0.25) is 0 Å². The average Bonchev–Trinajstić information content (AvgIpc) is 2.63. The van der Waals surface area contributed by atoms with Crippen LogP contribution in [0.3, 0.4) is 0 Å². The van der Waals surface area contributed by atoms with Gasteiger partial charge in [-0.25, -0.2) is 9.69 Å². The van der Waals surface area contributed by atoms with E-state index in [2.05, 4.69) is 0 Å². The maximum atomic E-state index is 12.1. The van der Waals surface area contributed by atoms with Crippen LogP contribution in [0.1, 0.15) is 65.2 Å². The number of rotatable bonds is 2. The Morgan fingerprint density at radius 1 is 1.16 bits per heavy atom. The molecule has 0 atom stereocenters. The van der Waals surface area contributed by atoms with E-state index in [0.29, 0.717) is 18.9 Å². The Kier molecular flexibility index (Phi) is 4.48. The first-order chi connectivity index (χ1) is 9.00. The molecule has 1 heterocycles. The first-order valence-electron chi connectivity index (χ1n) is 7.54. The van der Waals surface area contributed by atoms with Crippen LogP contribution in [-0.2, 0) is 9.53 Å². The molecule has 2 aliphatic rings. The topological polar surface area (TPSA) is 46.6 Å². The lowest BCUT2D eigenvalue weighted by atomic mass is 9.84. The molecule has 1 saturated carbocycles. The molecule has 4 nitrogen and oxygen atoms in total. The van der Waals surface area contributed by atoms with Gasteiger partial charge in [0.1, 0.15) is 5.60 Å². The summed E-state index contributed by atoms with van der Waals surface area (Å²) in [5, 5.41) is 0. The molecule has 0 bridgehead atoms. The number of hydrogen-bond acceptors (Lipinski definition) is 3. The van der Waals surface area contributed by atoms with Crippen molar-refractivity contribution in [3.05, 3.63) is 0 Å². The van der Waals surface area contributed by atoms with Crippen LogP contribution in [0.4, 0.5) is 4.79 Å². The zero-order chi connectivity index (χ0) is 13.9. The van der Waals surface area contributed by atoms with Gasteiger partial charge in [0.15, 0.2) is 0 Å². The number of nitrogens with zero attached hydrogens (tertiary/aromatic N) is 1. The molecule has 19 heavy (non-hydrogen) atoms. The van der Waals surface area contributed by atoms with E-state index in [0.717, 1.165) is 19.3 Å². The zero-order valence-electron chi connectivity index (χ0n) is 12.1. The molecule has 2 amide bonds. The van der Waals surface area contributed by atoms with E-state index in [9.17, 15) is 9.59 Å². The number of amides is 2. The third-order valence-electron chi connectivity index (χ3n) is 4.48. The molecule has 1 aliphatic heterocycles. The molecular formula is C15H25NO3. The SMILES string of the molecule is CC(C)(OC(=O)N1CCCC1=O)C1CCCCCC1. The van der Waals surface area contributed by atoms with Gasteiger partial charge in [-0.1, -0.05) is 25.7 Å². The Balaban J connectivity index is 1.95. The van der Waals surface area contributed by atoms with Crippen molar-refractivity contribution in [1.82, 2.24) is 4.90 Å². The highest BCUT2D eigenvalue weighted by Gasteiger charge is 2.37. The molecule has 2 rings (SSSR count). The molecule has 0 spiro atoms. The van der Waals surface area contributed by atoms with Crippen molar-refractivity contribution in [2.75, 3.05) is 6.54 Å². The maximum Gasteiger partial charge on any atom is 0.417 e. The predicted molar refractivity (Wildman–Crippen MR) is 72.7 cm³/mol. The summed E-state index contributed by atoms with van der Waals surface area (Å²) in [4.78, 5) is 24.9. The minimum atomic E-state index is -0.468. The van der Waals surface area contributed by atoms with Crippen LogP contribution in [-0.4, -0.2) is 29.0 Å². The molecule has 0 aromatic heterocycles. The van der Waals surface area contributed by atoms with Gasteiger partial charge in [0.2, 0.25) is 5.91 Å². The zero-order valence-corrected chi connectivity index (χ0v) is 12.1. The summed E-state index contributed by atoms with van der Waals surface area (Å²) in [7, 11) is 0. The fourth-order valence-electron chi connectivity index (χ4n) is 3.18. The van der Waals surface area contributed by atoms with Crippen LogP contribution in [0.25, 0.3) is 0 Å². The number of carbonyl (C=O) groups excluding carboxylic acids is 2. The smallest absolute Gasteiger partial charge is 0.417 e. The van der Waals surface area contributed by atoms with Gasteiger partial charge >= 0.3 is 6.09 Å². The van der Waals surface area contributed by atoms with Crippen molar-refractivity contribution < 1.29 is 14.3 Å². The lowest BCUT2D eigenvalue weighted by molar-refractivity contribution is -0.127. The third kappa shape index (κ3) is 3.48. The normalized spacial score (nSPS) is 22.4. The molecule has 0 aromatic rings. The second-order valence-corrected chi connectivity index (χ2v) is 6.31. The number of hydrogen-bond donors (Lipinski definition) is 0. The monoisotopic (exact) mass is 267 g/mol. The van der Waals surface area contributed by atoms with Crippen molar-refractivity contribution in [2.45, 2.75) is 70.8 Å². The molecule has 4 heteroatoms. The molecule has 0 unspecified atom stereocenters.